The number of carbonyl (C=O) groups excluding carboxylic acids is 1. The third kappa shape index (κ3) is 3.77. The predicted octanol–water partition coefficient (Wildman–Crippen LogP) is 2.61. The highest BCUT2D eigenvalue weighted by molar-refractivity contribution is 6.09. The van der Waals surface area contributed by atoms with Crippen molar-refractivity contribution in [2.45, 2.75) is 45.6 Å². The molecule has 5 heterocycles. The first-order valence-corrected chi connectivity index (χ1v) is 11.0. The quantitative estimate of drug-likeness (QED) is 0.648. The number of fused-ring (bicyclic) bond motifs is 2. The van der Waals surface area contributed by atoms with Crippen LogP contribution in [0.1, 0.15) is 48.2 Å². The van der Waals surface area contributed by atoms with Crippen molar-refractivity contribution < 1.29 is 14.6 Å². The molecule has 0 unspecified atom stereocenters. The molecule has 0 atom stereocenters. The highest BCUT2D eigenvalue weighted by Crippen LogP contribution is 2.39. The summed E-state index contributed by atoms with van der Waals surface area (Å²) >= 11 is 0. The summed E-state index contributed by atoms with van der Waals surface area (Å²) in [5.74, 6) is 1.36. The molecule has 0 bridgehead atoms. The minimum Gasteiger partial charge on any atom is -0.471 e. The van der Waals surface area contributed by atoms with E-state index < -0.39 is 0 Å². The van der Waals surface area contributed by atoms with Crippen LogP contribution < -0.4 is 15.0 Å². The lowest BCUT2D eigenvalue weighted by Crippen LogP contribution is -2.36. The van der Waals surface area contributed by atoms with Gasteiger partial charge in [0.05, 0.1) is 11.9 Å². The van der Waals surface area contributed by atoms with E-state index in [9.17, 15) is 9.90 Å². The maximum absolute atomic E-state index is 13.2. The highest BCUT2D eigenvalue weighted by atomic mass is 16.5. The summed E-state index contributed by atoms with van der Waals surface area (Å²) in [4.78, 5) is 24.6. The van der Waals surface area contributed by atoms with Crippen molar-refractivity contribution in [1.29, 1.82) is 0 Å². The maximum atomic E-state index is 13.2. The monoisotopic (exact) mass is 436 g/mol. The Morgan fingerprint density at radius 2 is 2.09 bits per heavy atom. The molecule has 3 aromatic rings. The Balaban J connectivity index is 1.48. The molecule has 1 saturated heterocycles. The Bertz CT molecular complexity index is 1180. The van der Waals surface area contributed by atoms with E-state index in [0.717, 1.165) is 43.5 Å². The molecule has 0 aromatic carbocycles. The summed E-state index contributed by atoms with van der Waals surface area (Å²) in [5.41, 5.74) is 3.19. The fraction of sp³-hybridized carbons (Fsp3) is 0.478. The summed E-state index contributed by atoms with van der Waals surface area (Å²) in [5, 5.41) is 16.8. The smallest absolute Gasteiger partial charge is 0.261 e. The average molecular weight is 437 g/mol. The van der Waals surface area contributed by atoms with Crippen molar-refractivity contribution in [3.05, 3.63) is 41.3 Å². The summed E-state index contributed by atoms with van der Waals surface area (Å²) in [6, 6.07) is 1.98. The van der Waals surface area contributed by atoms with E-state index in [0.29, 0.717) is 34.5 Å². The molecule has 9 nitrogen and oxygen atoms in total. The van der Waals surface area contributed by atoms with Crippen molar-refractivity contribution in [3.8, 4) is 5.88 Å². The van der Waals surface area contributed by atoms with Crippen LogP contribution in [0.4, 0.5) is 11.5 Å². The number of amides is 1. The third-order valence-electron chi connectivity index (χ3n) is 6.18. The molecule has 0 aliphatic carbocycles. The van der Waals surface area contributed by atoms with E-state index in [4.69, 9.17) is 9.72 Å². The van der Waals surface area contributed by atoms with Crippen molar-refractivity contribution in [2.75, 3.05) is 29.9 Å². The third-order valence-corrected chi connectivity index (χ3v) is 6.18. The molecule has 0 saturated carbocycles. The first-order valence-electron chi connectivity index (χ1n) is 11.0. The van der Waals surface area contributed by atoms with E-state index >= 15 is 0 Å². The van der Waals surface area contributed by atoms with Crippen molar-refractivity contribution in [2.24, 2.45) is 5.92 Å². The number of aromatic nitrogens is 4. The van der Waals surface area contributed by atoms with Crippen LogP contribution >= 0.6 is 0 Å². The van der Waals surface area contributed by atoms with Gasteiger partial charge in [-0.15, -0.1) is 0 Å². The Morgan fingerprint density at radius 3 is 2.84 bits per heavy atom. The Labute approximate surface area is 186 Å². The number of pyridine rings is 1. The molecule has 1 fully saturated rings. The highest BCUT2D eigenvalue weighted by Gasteiger charge is 2.34. The normalized spacial score (nSPS) is 17.9. The Hall–Kier alpha value is -3.20. The second-order valence-corrected chi connectivity index (χ2v) is 9.39. The number of nitrogens with one attached hydrogen (secondary N) is 1. The molecule has 2 N–H and O–H groups in total. The fourth-order valence-electron chi connectivity index (χ4n) is 4.48. The SMILES string of the molecule is Cc1cnc2c(C(=O)Nc3cc4c(nc3N3CCC(CO)CC3)OC(C)(C)C4)cnn2c1. The molecule has 0 spiro atoms. The number of rotatable bonds is 4. The maximum Gasteiger partial charge on any atom is 0.261 e. The molecule has 5 rings (SSSR count). The molecular weight excluding hydrogens is 408 g/mol. The summed E-state index contributed by atoms with van der Waals surface area (Å²) in [6.45, 7) is 7.73. The number of aryl methyl sites for hydroxylation is 1. The van der Waals surface area contributed by atoms with Gasteiger partial charge in [0.15, 0.2) is 11.5 Å². The number of anilines is 2. The van der Waals surface area contributed by atoms with Crippen molar-refractivity contribution >= 4 is 23.1 Å². The first kappa shape index (κ1) is 20.7. The summed E-state index contributed by atoms with van der Waals surface area (Å²) < 4.78 is 7.67. The van der Waals surface area contributed by atoms with Gasteiger partial charge in [-0.1, -0.05) is 0 Å². The van der Waals surface area contributed by atoms with Gasteiger partial charge in [0.2, 0.25) is 5.88 Å². The lowest BCUT2D eigenvalue weighted by molar-refractivity contribution is 0.102. The van der Waals surface area contributed by atoms with Gasteiger partial charge >= 0.3 is 0 Å². The second-order valence-electron chi connectivity index (χ2n) is 9.39. The molecule has 1 amide bonds. The molecule has 3 aromatic heterocycles. The zero-order chi connectivity index (χ0) is 22.5. The number of aliphatic hydroxyl groups excluding tert-OH is 1. The van der Waals surface area contributed by atoms with Crippen molar-refractivity contribution in [1.82, 2.24) is 19.6 Å². The fourth-order valence-corrected chi connectivity index (χ4v) is 4.48. The first-order chi connectivity index (χ1) is 15.3. The van der Waals surface area contributed by atoms with Gasteiger partial charge in [-0.2, -0.15) is 10.1 Å². The summed E-state index contributed by atoms with van der Waals surface area (Å²) in [6.07, 6.45) is 7.59. The van der Waals surface area contributed by atoms with E-state index in [1.54, 1.807) is 10.7 Å². The van der Waals surface area contributed by atoms with E-state index in [1.807, 2.05) is 33.0 Å². The van der Waals surface area contributed by atoms with Crippen LogP contribution in [0, 0.1) is 12.8 Å². The van der Waals surface area contributed by atoms with E-state index in [1.165, 1.54) is 6.20 Å². The van der Waals surface area contributed by atoms with Gasteiger partial charge in [-0.25, -0.2) is 9.50 Å². The van der Waals surface area contributed by atoms with Crippen LogP contribution in [0.25, 0.3) is 5.65 Å². The predicted molar refractivity (Wildman–Crippen MR) is 120 cm³/mol. The van der Waals surface area contributed by atoms with Crippen LogP contribution in [0.3, 0.4) is 0 Å². The molecule has 0 radical (unpaired) electrons. The molecule has 32 heavy (non-hydrogen) atoms. The zero-order valence-corrected chi connectivity index (χ0v) is 18.6. The minimum atomic E-state index is -0.330. The van der Waals surface area contributed by atoms with E-state index in [-0.39, 0.29) is 18.1 Å². The van der Waals surface area contributed by atoms with Crippen molar-refractivity contribution in [3.63, 3.8) is 0 Å². The lowest BCUT2D eigenvalue weighted by atomic mass is 9.97. The molecule has 2 aliphatic heterocycles. The number of nitrogens with zero attached hydrogens (tertiary/aromatic N) is 5. The van der Waals surface area contributed by atoms with Gasteiger partial charge in [0, 0.05) is 44.1 Å². The lowest BCUT2D eigenvalue weighted by Gasteiger charge is -2.33. The molecule has 2 aliphatic rings. The van der Waals surface area contributed by atoms with Crippen LogP contribution in [0.2, 0.25) is 0 Å². The Kier molecular flexibility index (Phi) is 5.00. The zero-order valence-electron chi connectivity index (χ0n) is 18.6. The van der Waals surface area contributed by atoms with Gasteiger partial charge in [-0.05, 0) is 51.2 Å². The van der Waals surface area contributed by atoms with Crippen LogP contribution in [0.5, 0.6) is 5.88 Å². The number of ether oxygens (including phenoxy) is 1. The topological polar surface area (TPSA) is 105 Å². The average Bonchev–Trinajstić information content (AvgIpc) is 3.31. The molecular formula is C23H28N6O3. The number of aliphatic hydroxyl groups is 1. The van der Waals surface area contributed by atoms with Crippen LogP contribution in [0.15, 0.2) is 24.7 Å². The minimum absolute atomic E-state index is 0.202. The van der Waals surface area contributed by atoms with Gasteiger partial charge in [-0.3, -0.25) is 4.79 Å². The number of hydrogen-bond acceptors (Lipinski definition) is 7. The standard InChI is InChI=1S/C23H28N6O3/c1-14-10-24-19-17(11-25-29(19)12-14)21(31)26-18-8-16-9-23(2,3)32-22(16)27-20(18)28-6-4-15(13-30)5-7-28/h8,10-12,15,30H,4-7,9,13H2,1-3H3,(H,26,31). The largest absolute Gasteiger partial charge is 0.471 e. The number of hydrogen-bond donors (Lipinski definition) is 2. The van der Waals surface area contributed by atoms with Crippen LogP contribution in [-0.4, -0.2) is 55.9 Å². The van der Waals surface area contributed by atoms with Gasteiger partial charge < -0.3 is 20.1 Å². The number of piperidine rings is 1. The van der Waals surface area contributed by atoms with Gasteiger partial charge in [0.25, 0.3) is 5.91 Å². The van der Waals surface area contributed by atoms with E-state index in [2.05, 4.69) is 20.3 Å². The van der Waals surface area contributed by atoms with Gasteiger partial charge in [0.1, 0.15) is 11.2 Å². The molecule has 168 valence electrons. The van der Waals surface area contributed by atoms with Crippen LogP contribution in [-0.2, 0) is 6.42 Å². The second kappa shape index (κ2) is 7.74. The Morgan fingerprint density at radius 1 is 1.31 bits per heavy atom. The summed E-state index contributed by atoms with van der Waals surface area (Å²) in [7, 11) is 0. The number of carbonyl (C=O) groups is 1. The molecule has 9 heteroatoms.